The van der Waals surface area contributed by atoms with Gasteiger partial charge in [-0.1, -0.05) is 96.8 Å². The van der Waals surface area contributed by atoms with Crippen molar-refractivity contribution in [3.8, 4) is 12.3 Å². The van der Waals surface area contributed by atoms with Crippen LogP contribution in [-0.4, -0.2) is 53.8 Å². The van der Waals surface area contributed by atoms with E-state index >= 15 is 0 Å². The Morgan fingerprint density at radius 3 is 1.64 bits per heavy atom. The van der Waals surface area contributed by atoms with E-state index in [1.807, 2.05) is 71.9 Å². The van der Waals surface area contributed by atoms with E-state index in [-0.39, 0.29) is 36.0 Å². The van der Waals surface area contributed by atoms with Crippen LogP contribution >= 0.6 is 0 Å². The van der Waals surface area contributed by atoms with Crippen LogP contribution in [0.25, 0.3) is 10.4 Å². The van der Waals surface area contributed by atoms with Crippen molar-refractivity contribution in [3.63, 3.8) is 0 Å². The van der Waals surface area contributed by atoms with Crippen molar-refractivity contribution >= 4 is 23.6 Å². The standard InChI is InChI=1S/C33H51N7O4/c1-10-25(16-20(2)3)35-30(41)26(17-21(4)5)36-32(43)28(19-24-14-12-11-13-15-24)37-31(42)27(18-22(6)7)38-33(44)29(23(8)9)39-40-34/h1,11-15,20-23,25-29H,16-19H2,2-9H3,(H,35,41)(H,36,43)(H,37,42)(H,38,44)/t25-,26+,27+,28+,29+/m1/s1. The minimum atomic E-state index is -1.05. The molecule has 0 unspecified atom stereocenters. The summed E-state index contributed by atoms with van der Waals surface area (Å²) in [6.07, 6.45) is 7.07. The second kappa shape index (κ2) is 19.3. The molecule has 11 nitrogen and oxygen atoms in total. The summed E-state index contributed by atoms with van der Waals surface area (Å²) in [6, 6.07) is 4.83. The van der Waals surface area contributed by atoms with Crippen LogP contribution in [0.5, 0.6) is 0 Å². The number of nitrogens with zero attached hydrogens (tertiary/aromatic N) is 3. The Balaban J connectivity index is 3.30. The first kappa shape index (κ1) is 38.0. The van der Waals surface area contributed by atoms with Gasteiger partial charge in [-0.05, 0) is 54.0 Å². The number of hydrogen-bond acceptors (Lipinski definition) is 5. The Labute approximate surface area is 262 Å². The third kappa shape index (κ3) is 14.0. The normalized spacial score (nSPS) is 14.5. The third-order valence-corrected chi connectivity index (χ3v) is 6.90. The van der Waals surface area contributed by atoms with Crippen molar-refractivity contribution in [1.29, 1.82) is 0 Å². The molecule has 0 saturated heterocycles. The van der Waals surface area contributed by atoms with Gasteiger partial charge in [0.2, 0.25) is 23.6 Å². The summed E-state index contributed by atoms with van der Waals surface area (Å²) >= 11 is 0. The van der Waals surface area contributed by atoms with E-state index in [4.69, 9.17) is 12.0 Å². The highest BCUT2D eigenvalue weighted by molar-refractivity contribution is 5.95. The summed E-state index contributed by atoms with van der Waals surface area (Å²) in [5.41, 5.74) is 9.73. The summed E-state index contributed by atoms with van der Waals surface area (Å²) in [6.45, 7) is 15.2. The predicted octanol–water partition coefficient (Wildman–Crippen LogP) is 4.27. The monoisotopic (exact) mass is 609 g/mol. The second-order valence-electron chi connectivity index (χ2n) is 12.9. The largest absolute Gasteiger partial charge is 0.344 e. The molecule has 242 valence electrons. The zero-order valence-electron chi connectivity index (χ0n) is 27.5. The van der Waals surface area contributed by atoms with Gasteiger partial charge in [0.1, 0.15) is 24.2 Å². The number of amides is 4. The van der Waals surface area contributed by atoms with Crippen LogP contribution in [-0.2, 0) is 25.6 Å². The van der Waals surface area contributed by atoms with Gasteiger partial charge in [-0.15, -0.1) is 6.42 Å². The molecule has 0 aliphatic rings. The number of azide groups is 1. The maximum atomic E-state index is 13.8. The number of carbonyl (C=O) groups excluding carboxylic acids is 4. The molecule has 0 heterocycles. The maximum Gasteiger partial charge on any atom is 0.243 e. The van der Waals surface area contributed by atoms with E-state index in [0.717, 1.165) is 5.56 Å². The average molecular weight is 610 g/mol. The first-order valence-corrected chi connectivity index (χ1v) is 15.4. The van der Waals surface area contributed by atoms with Gasteiger partial charge in [0.05, 0.1) is 6.04 Å². The molecule has 0 bridgehead atoms. The molecule has 0 aliphatic carbocycles. The summed E-state index contributed by atoms with van der Waals surface area (Å²) in [5.74, 6) is 0.653. The lowest BCUT2D eigenvalue weighted by Gasteiger charge is -2.28. The Morgan fingerprint density at radius 1 is 0.727 bits per heavy atom. The van der Waals surface area contributed by atoms with E-state index in [1.165, 1.54) is 0 Å². The lowest BCUT2D eigenvalue weighted by atomic mass is 9.98. The molecule has 1 aromatic rings. The zero-order valence-corrected chi connectivity index (χ0v) is 27.5. The van der Waals surface area contributed by atoms with Crippen molar-refractivity contribution in [3.05, 3.63) is 46.3 Å². The number of carbonyl (C=O) groups is 4. The highest BCUT2D eigenvalue weighted by Crippen LogP contribution is 2.13. The van der Waals surface area contributed by atoms with Crippen molar-refractivity contribution in [2.24, 2.45) is 28.8 Å². The molecular weight excluding hydrogens is 558 g/mol. The van der Waals surface area contributed by atoms with Crippen LogP contribution in [0.15, 0.2) is 35.4 Å². The number of nitrogens with one attached hydrogen (secondary N) is 4. The van der Waals surface area contributed by atoms with Gasteiger partial charge in [-0.25, -0.2) is 0 Å². The molecule has 5 atom stereocenters. The van der Waals surface area contributed by atoms with Gasteiger partial charge in [0, 0.05) is 11.3 Å². The van der Waals surface area contributed by atoms with Crippen LogP contribution in [0.3, 0.4) is 0 Å². The van der Waals surface area contributed by atoms with Gasteiger partial charge >= 0.3 is 0 Å². The molecule has 11 heteroatoms. The molecule has 1 aromatic carbocycles. The van der Waals surface area contributed by atoms with E-state index in [0.29, 0.717) is 19.3 Å². The van der Waals surface area contributed by atoms with Crippen LogP contribution < -0.4 is 21.3 Å². The third-order valence-electron chi connectivity index (χ3n) is 6.90. The quantitative estimate of drug-likeness (QED) is 0.0845. The van der Waals surface area contributed by atoms with E-state index in [2.05, 4.69) is 37.2 Å². The first-order chi connectivity index (χ1) is 20.7. The maximum absolute atomic E-state index is 13.8. The molecule has 4 N–H and O–H groups in total. The van der Waals surface area contributed by atoms with E-state index in [9.17, 15) is 19.2 Å². The Hall–Kier alpha value is -4.03. The summed E-state index contributed by atoms with van der Waals surface area (Å²) < 4.78 is 0. The van der Waals surface area contributed by atoms with Gasteiger partial charge < -0.3 is 21.3 Å². The van der Waals surface area contributed by atoms with Gasteiger partial charge in [0.25, 0.3) is 0 Å². The Kier molecular flexibility index (Phi) is 16.7. The molecule has 0 radical (unpaired) electrons. The highest BCUT2D eigenvalue weighted by Gasteiger charge is 2.32. The van der Waals surface area contributed by atoms with Crippen LogP contribution in [0, 0.1) is 36.0 Å². The first-order valence-electron chi connectivity index (χ1n) is 15.4. The lowest BCUT2D eigenvalue weighted by Crippen LogP contribution is -2.58. The summed E-state index contributed by atoms with van der Waals surface area (Å²) in [5, 5.41) is 14.9. The molecule has 0 aliphatic heterocycles. The fourth-order valence-corrected chi connectivity index (χ4v) is 4.72. The van der Waals surface area contributed by atoms with Crippen molar-refractivity contribution in [2.75, 3.05) is 0 Å². The smallest absolute Gasteiger partial charge is 0.243 e. The van der Waals surface area contributed by atoms with Crippen LogP contribution in [0.2, 0.25) is 0 Å². The minimum absolute atomic E-state index is 0.0264. The Morgan fingerprint density at radius 2 is 1.18 bits per heavy atom. The molecule has 44 heavy (non-hydrogen) atoms. The molecule has 0 fully saturated rings. The van der Waals surface area contributed by atoms with E-state index < -0.39 is 47.9 Å². The van der Waals surface area contributed by atoms with E-state index in [1.54, 1.807) is 13.8 Å². The minimum Gasteiger partial charge on any atom is -0.344 e. The fourth-order valence-electron chi connectivity index (χ4n) is 4.72. The lowest BCUT2D eigenvalue weighted by molar-refractivity contribution is -0.134. The van der Waals surface area contributed by atoms with Gasteiger partial charge in [-0.2, -0.15) is 0 Å². The Bertz CT molecular complexity index is 1170. The molecule has 0 saturated carbocycles. The molecule has 1 rings (SSSR count). The van der Waals surface area contributed by atoms with Crippen molar-refractivity contribution in [2.45, 2.75) is 111 Å². The van der Waals surface area contributed by atoms with Crippen molar-refractivity contribution < 1.29 is 19.2 Å². The van der Waals surface area contributed by atoms with Gasteiger partial charge in [-0.3, -0.25) is 19.2 Å². The molecule has 4 amide bonds. The second-order valence-corrected chi connectivity index (χ2v) is 12.9. The predicted molar refractivity (Wildman–Crippen MR) is 173 cm³/mol. The fraction of sp³-hybridized carbons (Fsp3) is 0.636. The number of hydrogen-bond donors (Lipinski definition) is 4. The zero-order chi connectivity index (χ0) is 33.4. The summed E-state index contributed by atoms with van der Waals surface area (Å²) in [4.78, 5) is 56.5. The van der Waals surface area contributed by atoms with Crippen LogP contribution in [0.1, 0.15) is 80.2 Å². The average Bonchev–Trinajstić information content (AvgIpc) is 2.93. The number of benzene rings is 1. The van der Waals surface area contributed by atoms with Gasteiger partial charge in [0.15, 0.2) is 0 Å². The molecule has 0 spiro atoms. The molecular formula is C33H51N7O4. The molecule has 0 aromatic heterocycles. The number of rotatable bonds is 18. The SMILES string of the molecule is C#C[C@H](CC(C)C)NC(=O)[C@H](CC(C)C)NC(=O)[C@H](Cc1ccccc1)NC(=O)[C@H](CC(C)C)NC(=O)[C@@H](N=[N+]=[N-])C(C)C. The number of terminal acetylenes is 1. The highest BCUT2D eigenvalue weighted by atomic mass is 16.2. The summed E-state index contributed by atoms with van der Waals surface area (Å²) in [7, 11) is 0. The topological polar surface area (TPSA) is 165 Å². The van der Waals surface area contributed by atoms with Crippen molar-refractivity contribution in [1.82, 2.24) is 21.3 Å². The van der Waals surface area contributed by atoms with Crippen LogP contribution in [0.4, 0.5) is 0 Å².